The van der Waals surface area contributed by atoms with Crippen molar-refractivity contribution in [2.45, 2.75) is 170 Å². The molecule has 2 aliphatic heterocycles. The number of piperidine rings is 2. The van der Waals surface area contributed by atoms with Crippen LogP contribution in [0.1, 0.15) is 153 Å². The monoisotopic (exact) mass is 625 g/mol. The van der Waals surface area contributed by atoms with Crippen molar-refractivity contribution in [3.63, 3.8) is 0 Å². The van der Waals surface area contributed by atoms with Gasteiger partial charge >= 0.3 is 11.9 Å². The third-order valence-electron chi connectivity index (χ3n) is 11.8. The molecule has 2 saturated heterocycles. The van der Waals surface area contributed by atoms with E-state index in [9.17, 15) is 9.59 Å². The Morgan fingerprint density at radius 2 is 1.23 bits per heavy atom. The summed E-state index contributed by atoms with van der Waals surface area (Å²) in [7, 11) is 0. The molecule has 3 unspecified atom stereocenters. The summed E-state index contributed by atoms with van der Waals surface area (Å²) in [5.41, 5.74) is -1.03. The normalized spacial score (nSPS) is 25.4. The topological polar surface area (TPSA) is 88.5 Å². The summed E-state index contributed by atoms with van der Waals surface area (Å²) in [4.78, 5) is 37.8. The van der Waals surface area contributed by atoms with Gasteiger partial charge in [-0.05, 0) is 71.1 Å². The maximum atomic E-state index is 14.4. The van der Waals surface area contributed by atoms with Gasteiger partial charge in [-0.1, -0.05) is 80.1 Å². The van der Waals surface area contributed by atoms with Crippen LogP contribution in [0.5, 0.6) is 0 Å². The summed E-state index contributed by atoms with van der Waals surface area (Å²) in [5.74, 6) is -0.818. The van der Waals surface area contributed by atoms with Crippen LogP contribution in [0.2, 0.25) is 0 Å². The van der Waals surface area contributed by atoms with E-state index >= 15 is 0 Å². The van der Waals surface area contributed by atoms with Gasteiger partial charge in [-0.3, -0.25) is 19.3 Å². The largest absolute Gasteiger partial charge is 0.481 e. The van der Waals surface area contributed by atoms with Crippen LogP contribution < -0.4 is 0 Å². The highest BCUT2D eigenvalue weighted by Gasteiger charge is 2.56. The second-order valence-electron chi connectivity index (χ2n) is 15.6. The van der Waals surface area contributed by atoms with Gasteiger partial charge in [-0.15, -0.1) is 0 Å². The number of aliphatic carboxylic acids is 1. The summed E-state index contributed by atoms with van der Waals surface area (Å²) in [6, 6.07) is 0. The first-order chi connectivity index (χ1) is 20.6. The Morgan fingerprint density at radius 3 is 1.77 bits per heavy atom. The molecule has 0 amide bonds. The molecule has 0 spiro atoms. The minimum Gasteiger partial charge on any atom is -0.481 e. The number of ether oxygens (including phenoxy) is 1. The summed E-state index contributed by atoms with van der Waals surface area (Å²) in [6.07, 6.45) is 11.3. The molecule has 0 saturated carbocycles. The van der Waals surface area contributed by atoms with E-state index < -0.39 is 5.97 Å². The molecule has 2 heterocycles. The van der Waals surface area contributed by atoms with Crippen molar-refractivity contribution in [3.05, 3.63) is 0 Å². The molecule has 0 aromatic rings. The van der Waals surface area contributed by atoms with E-state index in [1.54, 1.807) is 0 Å². The summed E-state index contributed by atoms with van der Waals surface area (Å²) in [6.45, 7) is 25.3. The van der Waals surface area contributed by atoms with E-state index in [2.05, 4.69) is 79.4 Å². The minimum atomic E-state index is -0.730. The number of nitrogens with zero attached hydrogens (tertiary/aromatic N) is 2. The lowest BCUT2D eigenvalue weighted by Crippen LogP contribution is -2.64. The smallest absolute Gasteiger partial charge is 0.309 e. The number of unbranched alkanes of at least 4 members (excludes halogenated alkanes) is 6. The molecule has 2 rings (SSSR count). The number of rotatable bonds is 19. The van der Waals surface area contributed by atoms with Crippen LogP contribution >= 0.6 is 0 Å². The van der Waals surface area contributed by atoms with E-state index in [1.807, 2.05) is 0 Å². The van der Waals surface area contributed by atoms with Crippen molar-refractivity contribution in [3.8, 4) is 0 Å². The van der Waals surface area contributed by atoms with E-state index in [-0.39, 0.29) is 52.2 Å². The van der Waals surface area contributed by atoms with E-state index in [0.29, 0.717) is 13.0 Å². The van der Waals surface area contributed by atoms with Crippen molar-refractivity contribution in [2.75, 3.05) is 26.3 Å². The number of carboxylic acids is 1. The van der Waals surface area contributed by atoms with Crippen molar-refractivity contribution < 1.29 is 29.1 Å². The fraction of sp³-hybridized carbons (Fsp3) is 0.944. The number of carbonyl (C=O) groups is 2. The number of carboxylic acid groups (broad SMARTS) is 1. The molecule has 0 bridgehead atoms. The first kappa shape index (κ1) is 39.0. The fourth-order valence-electron chi connectivity index (χ4n) is 7.14. The number of hydrogen-bond donors (Lipinski definition) is 1. The zero-order chi connectivity index (χ0) is 33.2. The summed E-state index contributed by atoms with van der Waals surface area (Å²) >= 11 is 0. The predicted molar refractivity (Wildman–Crippen MR) is 177 cm³/mol. The van der Waals surface area contributed by atoms with Crippen LogP contribution in [-0.4, -0.2) is 70.7 Å². The van der Waals surface area contributed by atoms with Gasteiger partial charge in [0.1, 0.15) is 6.10 Å². The van der Waals surface area contributed by atoms with Gasteiger partial charge in [-0.25, -0.2) is 0 Å². The molecule has 3 atom stereocenters. The van der Waals surface area contributed by atoms with E-state index in [4.69, 9.17) is 19.5 Å². The highest BCUT2D eigenvalue weighted by Crippen LogP contribution is 2.52. The SMILES string of the molecule is CCCCON1CCC(OC(=O)C(CCCCCCCC(=O)O)C2CCN(OCCCC)C(C)(C)C2(C)C)C(C)(C)C1(C)C. The predicted octanol–water partition coefficient (Wildman–Crippen LogP) is 8.43. The zero-order valence-corrected chi connectivity index (χ0v) is 30.1. The van der Waals surface area contributed by atoms with Crippen LogP contribution in [0.15, 0.2) is 0 Å². The third-order valence-corrected chi connectivity index (χ3v) is 11.8. The second kappa shape index (κ2) is 17.1. The molecule has 8 heteroatoms. The Hall–Kier alpha value is -1.22. The van der Waals surface area contributed by atoms with Gasteiger partial charge in [0.05, 0.1) is 19.1 Å². The Balaban J connectivity index is 2.22. The van der Waals surface area contributed by atoms with Crippen LogP contribution in [0, 0.1) is 22.7 Å². The van der Waals surface area contributed by atoms with Crippen LogP contribution in [0.4, 0.5) is 0 Å². The van der Waals surface area contributed by atoms with E-state index in [1.165, 1.54) is 0 Å². The Labute approximate surface area is 269 Å². The van der Waals surface area contributed by atoms with Gasteiger partial charge in [0.2, 0.25) is 0 Å². The van der Waals surface area contributed by atoms with Gasteiger partial charge in [-0.2, -0.15) is 10.1 Å². The molecule has 0 radical (unpaired) electrons. The Bertz CT molecular complexity index is 886. The number of hydrogen-bond acceptors (Lipinski definition) is 7. The summed E-state index contributed by atoms with van der Waals surface area (Å²) in [5, 5.41) is 13.2. The highest BCUT2D eigenvalue weighted by molar-refractivity contribution is 5.73. The Kier molecular flexibility index (Phi) is 15.1. The lowest BCUT2D eigenvalue weighted by Gasteiger charge is -2.58. The quantitative estimate of drug-likeness (QED) is 0.113. The summed E-state index contributed by atoms with van der Waals surface area (Å²) < 4.78 is 6.59. The van der Waals surface area contributed by atoms with E-state index in [0.717, 1.165) is 90.3 Å². The van der Waals surface area contributed by atoms with Crippen LogP contribution in [0.3, 0.4) is 0 Å². The van der Waals surface area contributed by atoms with Gasteiger partial charge in [0.25, 0.3) is 0 Å². The number of esters is 1. The first-order valence-corrected chi connectivity index (χ1v) is 17.8. The number of hydroxylamine groups is 4. The maximum Gasteiger partial charge on any atom is 0.309 e. The van der Waals surface area contributed by atoms with Gasteiger partial charge < -0.3 is 9.84 Å². The average Bonchev–Trinajstić information content (AvgIpc) is 2.93. The third kappa shape index (κ3) is 9.42. The zero-order valence-electron chi connectivity index (χ0n) is 30.1. The molecular formula is C36H68N2O6. The molecule has 2 fully saturated rings. The minimum absolute atomic E-state index is 0.0562. The maximum absolute atomic E-state index is 14.4. The van der Waals surface area contributed by atoms with Gasteiger partial charge in [0.15, 0.2) is 0 Å². The van der Waals surface area contributed by atoms with Crippen LogP contribution in [-0.2, 0) is 24.0 Å². The molecule has 44 heavy (non-hydrogen) atoms. The lowest BCUT2D eigenvalue weighted by molar-refractivity contribution is -0.283. The van der Waals surface area contributed by atoms with Crippen molar-refractivity contribution >= 4 is 11.9 Å². The lowest BCUT2D eigenvalue weighted by atomic mass is 9.58. The molecule has 2 aliphatic rings. The molecule has 0 aliphatic carbocycles. The fourth-order valence-corrected chi connectivity index (χ4v) is 7.14. The molecule has 1 N–H and O–H groups in total. The second-order valence-corrected chi connectivity index (χ2v) is 15.6. The van der Waals surface area contributed by atoms with Crippen molar-refractivity contribution in [1.29, 1.82) is 0 Å². The molecular weight excluding hydrogens is 556 g/mol. The first-order valence-electron chi connectivity index (χ1n) is 17.8. The molecule has 8 nitrogen and oxygen atoms in total. The molecule has 0 aromatic heterocycles. The molecule has 0 aromatic carbocycles. The van der Waals surface area contributed by atoms with Crippen LogP contribution in [0.25, 0.3) is 0 Å². The van der Waals surface area contributed by atoms with Crippen molar-refractivity contribution in [2.24, 2.45) is 22.7 Å². The highest BCUT2D eigenvalue weighted by atomic mass is 16.7. The standard InChI is InChI=1S/C36H68N2O6/c1-11-13-26-42-37-24-22-29(33(3,4)35(37,7)8)28(20-18-16-15-17-19-21-31(39)40)32(41)44-30-23-25-38(43-27-14-12-2)36(9,10)34(30,5)6/h28-30H,11-27H2,1-10H3,(H,39,40). The molecule has 258 valence electrons. The average molecular weight is 625 g/mol. The Morgan fingerprint density at radius 1 is 0.727 bits per heavy atom. The van der Waals surface area contributed by atoms with Crippen molar-refractivity contribution in [1.82, 2.24) is 10.1 Å². The number of carbonyl (C=O) groups excluding carboxylic acids is 1. The van der Waals surface area contributed by atoms with Gasteiger partial charge in [0, 0.05) is 42.4 Å².